The van der Waals surface area contributed by atoms with Crippen molar-refractivity contribution in [2.45, 2.75) is 31.1 Å². The Hall–Kier alpha value is -1.43. The van der Waals surface area contributed by atoms with E-state index >= 15 is 0 Å². The number of rotatable bonds is 5. The van der Waals surface area contributed by atoms with Crippen LogP contribution in [0.2, 0.25) is 0 Å². The zero-order valence-electron chi connectivity index (χ0n) is 11.0. The van der Waals surface area contributed by atoms with Crippen LogP contribution in [0, 0.1) is 0 Å². The predicted molar refractivity (Wildman–Crippen MR) is 71.5 cm³/mol. The van der Waals surface area contributed by atoms with Gasteiger partial charge in [0, 0.05) is 20.1 Å². The summed E-state index contributed by atoms with van der Waals surface area (Å²) < 4.78 is 5.08. The van der Waals surface area contributed by atoms with Crippen molar-refractivity contribution in [1.29, 1.82) is 0 Å². The number of nitrogens with one attached hydrogen (secondary N) is 1. The van der Waals surface area contributed by atoms with Crippen molar-refractivity contribution in [2.75, 3.05) is 13.7 Å². The number of aliphatic hydroxyl groups excluding tert-OH is 1. The molecule has 19 heavy (non-hydrogen) atoms. The van der Waals surface area contributed by atoms with Crippen LogP contribution in [-0.4, -0.2) is 36.9 Å². The van der Waals surface area contributed by atoms with Gasteiger partial charge in [0.05, 0.1) is 24.7 Å². The lowest BCUT2D eigenvalue weighted by Crippen LogP contribution is -2.37. The van der Waals surface area contributed by atoms with Crippen molar-refractivity contribution in [1.82, 2.24) is 5.32 Å². The van der Waals surface area contributed by atoms with E-state index < -0.39 is 6.10 Å². The Labute approximate surface area is 112 Å². The largest absolute Gasteiger partial charge is 0.390 e. The molecule has 0 saturated carbocycles. The van der Waals surface area contributed by atoms with Gasteiger partial charge >= 0.3 is 0 Å². The van der Waals surface area contributed by atoms with E-state index in [0.29, 0.717) is 13.0 Å². The van der Waals surface area contributed by atoms with Crippen LogP contribution < -0.4 is 11.1 Å². The van der Waals surface area contributed by atoms with E-state index in [4.69, 9.17) is 10.5 Å². The molecule has 0 radical (unpaired) electrons. The van der Waals surface area contributed by atoms with E-state index in [9.17, 15) is 9.90 Å². The molecule has 1 aliphatic carbocycles. The van der Waals surface area contributed by atoms with E-state index in [-0.39, 0.29) is 24.5 Å². The monoisotopic (exact) mass is 264 g/mol. The van der Waals surface area contributed by atoms with Crippen LogP contribution in [0.1, 0.15) is 23.6 Å². The van der Waals surface area contributed by atoms with Crippen LogP contribution in [0.3, 0.4) is 0 Å². The molecule has 4 N–H and O–H groups in total. The van der Waals surface area contributed by atoms with Crippen LogP contribution >= 0.6 is 0 Å². The Morgan fingerprint density at radius 1 is 1.58 bits per heavy atom. The first-order valence-electron chi connectivity index (χ1n) is 6.43. The van der Waals surface area contributed by atoms with Crippen molar-refractivity contribution in [3.63, 3.8) is 0 Å². The van der Waals surface area contributed by atoms with Crippen LogP contribution in [0.25, 0.3) is 0 Å². The van der Waals surface area contributed by atoms with Gasteiger partial charge in [-0.2, -0.15) is 0 Å². The number of fused-ring (bicyclic) bond motifs is 1. The Morgan fingerprint density at radius 2 is 2.32 bits per heavy atom. The summed E-state index contributed by atoms with van der Waals surface area (Å²) in [5.74, 6) is -0.155. The van der Waals surface area contributed by atoms with Gasteiger partial charge in [0.1, 0.15) is 0 Å². The highest BCUT2D eigenvalue weighted by Gasteiger charge is 2.32. The highest BCUT2D eigenvalue weighted by Crippen LogP contribution is 2.31. The van der Waals surface area contributed by atoms with E-state index in [0.717, 1.165) is 11.1 Å². The lowest BCUT2D eigenvalue weighted by Gasteiger charge is -2.19. The first-order valence-corrected chi connectivity index (χ1v) is 6.43. The van der Waals surface area contributed by atoms with Crippen molar-refractivity contribution in [2.24, 2.45) is 5.73 Å². The Morgan fingerprint density at radius 3 is 3.00 bits per heavy atom. The molecular formula is C14H20N2O3. The molecule has 1 amide bonds. The molecule has 5 heteroatoms. The highest BCUT2D eigenvalue weighted by atomic mass is 16.5. The normalized spacial score (nSPS) is 22.9. The van der Waals surface area contributed by atoms with Crippen molar-refractivity contribution in [3.8, 4) is 0 Å². The van der Waals surface area contributed by atoms with Gasteiger partial charge in [-0.1, -0.05) is 24.3 Å². The topological polar surface area (TPSA) is 84.6 Å². The smallest absolute Gasteiger partial charge is 0.223 e. The summed E-state index contributed by atoms with van der Waals surface area (Å²) in [6, 6.07) is 7.42. The van der Waals surface area contributed by atoms with Gasteiger partial charge in [-0.25, -0.2) is 0 Å². The van der Waals surface area contributed by atoms with Crippen LogP contribution in [-0.2, 0) is 16.0 Å². The minimum atomic E-state index is -0.569. The first-order chi connectivity index (χ1) is 9.15. The number of nitrogens with two attached hydrogens (primary N) is 1. The molecule has 2 rings (SSSR count). The fourth-order valence-corrected chi connectivity index (χ4v) is 2.45. The number of methoxy groups -OCH3 is 1. The number of aliphatic hydroxyl groups is 1. The lowest BCUT2D eigenvalue weighted by molar-refractivity contribution is -0.124. The number of carbonyl (C=O) groups excluding carboxylic acids is 1. The zero-order valence-corrected chi connectivity index (χ0v) is 11.0. The molecule has 0 bridgehead atoms. The van der Waals surface area contributed by atoms with E-state index in [2.05, 4.69) is 5.32 Å². The van der Waals surface area contributed by atoms with E-state index in [1.54, 1.807) is 0 Å². The van der Waals surface area contributed by atoms with Crippen LogP contribution in [0.5, 0.6) is 0 Å². The summed E-state index contributed by atoms with van der Waals surface area (Å²) >= 11 is 0. The molecule has 3 atom stereocenters. The summed E-state index contributed by atoms with van der Waals surface area (Å²) in [6.07, 6.45) is -0.0709. The molecule has 0 aromatic heterocycles. The average Bonchev–Trinajstić information content (AvgIpc) is 2.72. The molecule has 0 aliphatic heterocycles. The molecule has 0 fully saturated rings. The molecule has 0 spiro atoms. The predicted octanol–water partition coefficient (Wildman–Crippen LogP) is 0.125. The SMILES string of the molecule is COC(CN)CC(=O)N[C@H]1c2ccccc2C[C@H]1O. The quantitative estimate of drug-likeness (QED) is 0.705. The Bertz CT molecular complexity index is 446. The van der Waals surface area contributed by atoms with E-state index in [1.165, 1.54) is 7.11 Å². The maximum atomic E-state index is 11.9. The Kier molecular flexibility index (Phi) is 4.52. The second-order valence-corrected chi connectivity index (χ2v) is 4.81. The van der Waals surface area contributed by atoms with Crippen LogP contribution in [0.4, 0.5) is 0 Å². The van der Waals surface area contributed by atoms with Crippen molar-refractivity contribution in [3.05, 3.63) is 35.4 Å². The summed E-state index contributed by atoms with van der Waals surface area (Å²) in [5.41, 5.74) is 7.57. The van der Waals surface area contributed by atoms with Crippen LogP contribution in [0.15, 0.2) is 24.3 Å². The molecular weight excluding hydrogens is 244 g/mol. The molecule has 104 valence electrons. The average molecular weight is 264 g/mol. The molecule has 5 nitrogen and oxygen atoms in total. The van der Waals surface area contributed by atoms with Crippen molar-refractivity contribution >= 4 is 5.91 Å². The van der Waals surface area contributed by atoms with Gasteiger partial charge in [-0.3, -0.25) is 4.79 Å². The molecule has 0 saturated heterocycles. The Balaban J connectivity index is 2.01. The molecule has 1 aromatic rings. The lowest BCUT2D eigenvalue weighted by atomic mass is 10.1. The van der Waals surface area contributed by atoms with Gasteiger partial charge in [-0.05, 0) is 11.1 Å². The number of benzene rings is 1. The third-order valence-corrected chi connectivity index (χ3v) is 3.53. The summed E-state index contributed by atoms with van der Waals surface area (Å²) in [5, 5.41) is 12.9. The second-order valence-electron chi connectivity index (χ2n) is 4.81. The molecule has 1 aliphatic rings. The summed E-state index contributed by atoms with van der Waals surface area (Å²) in [4.78, 5) is 11.9. The number of hydrogen-bond acceptors (Lipinski definition) is 4. The number of carbonyl (C=O) groups is 1. The highest BCUT2D eigenvalue weighted by molar-refractivity contribution is 5.77. The van der Waals surface area contributed by atoms with Gasteiger partial charge in [0.25, 0.3) is 0 Å². The maximum absolute atomic E-state index is 11.9. The van der Waals surface area contributed by atoms with E-state index in [1.807, 2.05) is 24.3 Å². The fourth-order valence-electron chi connectivity index (χ4n) is 2.45. The number of ether oxygens (including phenoxy) is 1. The summed E-state index contributed by atoms with van der Waals surface area (Å²) in [7, 11) is 1.53. The first kappa shape index (κ1) is 14.0. The standard InChI is InChI=1S/C14H20N2O3/c1-19-10(8-15)7-13(18)16-14-11-5-3-2-4-9(11)6-12(14)17/h2-5,10,12,14,17H,6-8,15H2,1H3,(H,16,18)/t10?,12-,14+/m1/s1. The van der Waals surface area contributed by atoms with Gasteiger partial charge in [0.2, 0.25) is 5.91 Å². The number of amides is 1. The van der Waals surface area contributed by atoms with Crippen molar-refractivity contribution < 1.29 is 14.6 Å². The van der Waals surface area contributed by atoms with Gasteiger partial charge in [-0.15, -0.1) is 0 Å². The zero-order chi connectivity index (χ0) is 13.8. The minimum Gasteiger partial charge on any atom is -0.390 e. The molecule has 1 aromatic carbocycles. The maximum Gasteiger partial charge on any atom is 0.223 e. The third-order valence-electron chi connectivity index (χ3n) is 3.53. The fraction of sp³-hybridized carbons (Fsp3) is 0.500. The summed E-state index contributed by atoms with van der Waals surface area (Å²) in [6.45, 7) is 0.299. The number of hydrogen-bond donors (Lipinski definition) is 3. The minimum absolute atomic E-state index is 0.155. The van der Waals surface area contributed by atoms with Gasteiger partial charge < -0.3 is 20.9 Å². The third kappa shape index (κ3) is 3.12. The molecule has 0 heterocycles. The second kappa shape index (κ2) is 6.14. The van der Waals surface area contributed by atoms with Gasteiger partial charge in [0.15, 0.2) is 0 Å². The molecule has 1 unspecified atom stereocenters.